The Bertz CT molecular complexity index is 565. The summed E-state index contributed by atoms with van der Waals surface area (Å²) in [5.41, 5.74) is 1.27. The predicted octanol–water partition coefficient (Wildman–Crippen LogP) is 5.27. The van der Waals surface area contributed by atoms with Crippen LogP contribution in [0.2, 0.25) is 0 Å². The fourth-order valence-corrected chi connectivity index (χ4v) is 3.19. The summed E-state index contributed by atoms with van der Waals surface area (Å²) in [6.07, 6.45) is 8.22. The topological polar surface area (TPSA) is 65.0 Å². The SMILES string of the molecule is C=CC(=O)OCCCCCCOc1ccc(C(CCC)COCC(CC)CO)cc1. The molecular formula is C25H40O5. The van der Waals surface area contributed by atoms with E-state index in [1.807, 2.05) is 12.1 Å². The molecule has 0 aromatic heterocycles. The molecule has 1 N–H and O–H groups in total. The van der Waals surface area contributed by atoms with Crippen molar-refractivity contribution in [1.82, 2.24) is 0 Å². The molecule has 0 bridgehead atoms. The fourth-order valence-electron chi connectivity index (χ4n) is 3.19. The molecule has 5 heteroatoms. The zero-order valence-electron chi connectivity index (χ0n) is 18.8. The quantitative estimate of drug-likeness (QED) is 0.199. The maximum atomic E-state index is 10.9. The molecule has 1 aromatic rings. The first kappa shape index (κ1) is 26.2. The van der Waals surface area contributed by atoms with Crippen molar-refractivity contribution in [3.8, 4) is 5.75 Å². The highest BCUT2D eigenvalue weighted by molar-refractivity contribution is 5.81. The molecular weight excluding hydrogens is 380 g/mol. The maximum Gasteiger partial charge on any atom is 0.330 e. The van der Waals surface area contributed by atoms with Gasteiger partial charge >= 0.3 is 5.97 Å². The normalized spacial score (nSPS) is 12.9. The smallest absolute Gasteiger partial charge is 0.330 e. The number of hydrogen-bond donors (Lipinski definition) is 1. The molecule has 170 valence electrons. The van der Waals surface area contributed by atoms with E-state index in [1.54, 1.807) is 0 Å². The van der Waals surface area contributed by atoms with Gasteiger partial charge in [-0.3, -0.25) is 0 Å². The second-order valence-corrected chi connectivity index (χ2v) is 7.68. The lowest BCUT2D eigenvalue weighted by Gasteiger charge is -2.19. The molecule has 30 heavy (non-hydrogen) atoms. The molecule has 0 aliphatic carbocycles. The van der Waals surface area contributed by atoms with Crippen LogP contribution in [0, 0.1) is 5.92 Å². The second-order valence-electron chi connectivity index (χ2n) is 7.68. The van der Waals surface area contributed by atoms with Gasteiger partial charge in [0, 0.05) is 24.5 Å². The van der Waals surface area contributed by atoms with Gasteiger partial charge in [0.15, 0.2) is 0 Å². The fraction of sp³-hybridized carbons (Fsp3) is 0.640. The third-order valence-electron chi connectivity index (χ3n) is 5.22. The van der Waals surface area contributed by atoms with Crippen molar-refractivity contribution in [3.05, 3.63) is 42.5 Å². The average Bonchev–Trinajstić information content (AvgIpc) is 2.78. The zero-order chi connectivity index (χ0) is 22.0. The number of carbonyl (C=O) groups excluding carboxylic acids is 1. The Balaban J connectivity index is 2.29. The average molecular weight is 421 g/mol. The van der Waals surface area contributed by atoms with Gasteiger partial charge in [0.1, 0.15) is 5.75 Å². The van der Waals surface area contributed by atoms with E-state index in [0.717, 1.165) is 50.7 Å². The van der Waals surface area contributed by atoms with Crippen molar-refractivity contribution in [2.24, 2.45) is 5.92 Å². The van der Waals surface area contributed by atoms with Crippen LogP contribution in [0.4, 0.5) is 0 Å². The number of benzene rings is 1. The molecule has 5 nitrogen and oxygen atoms in total. The van der Waals surface area contributed by atoms with E-state index >= 15 is 0 Å². The van der Waals surface area contributed by atoms with Crippen molar-refractivity contribution in [2.45, 2.75) is 64.7 Å². The molecule has 2 unspecified atom stereocenters. The van der Waals surface area contributed by atoms with Crippen LogP contribution in [-0.4, -0.2) is 44.1 Å². The van der Waals surface area contributed by atoms with E-state index in [2.05, 4.69) is 32.6 Å². The molecule has 0 aliphatic heterocycles. The third-order valence-corrected chi connectivity index (χ3v) is 5.22. The standard InChI is InChI=1S/C25H40O5/c1-4-11-23(20-28-19-21(5-2)18-26)22-12-14-24(15-13-22)29-16-9-7-8-10-17-30-25(27)6-3/h6,12-15,21,23,26H,3-5,7-11,16-20H2,1-2H3. The molecule has 2 atom stereocenters. The van der Waals surface area contributed by atoms with Crippen molar-refractivity contribution in [3.63, 3.8) is 0 Å². The van der Waals surface area contributed by atoms with Crippen LogP contribution < -0.4 is 4.74 Å². The van der Waals surface area contributed by atoms with Gasteiger partial charge in [0.25, 0.3) is 0 Å². The van der Waals surface area contributed by atoms with Crippen LogP contribution in [0.15, 0.2) is 36.9 Å². The van der Waals surface area contributed by atoms with Gasteiger partial charge in [-0.05, 0) is 56.2 Å². The Morgan fingerprint density at radius 1 is 1.07 bits per heavy atom. The summed E-state index contributed by atoms with van der Waals surface area (Å²) in [4.78, 5) is 10.9. The Kier molecular flexibility index (Phi) is 14.7. The van der Waals surface area contributed by atoms with E-state index in [1.165, 1.54) is 11.6 Å². The van der Waals surface area contributed by atoms with E-state index in [0.29, 0.717) is 32.3 Å². The van der Waals surface area contributed by atoms with Crippen molar-refractivity contribution >= 4 is 5.97 Å². The summed E-state index contributed by atoms with van der Waals surface area (Å²) in [7, 11) is 0. The first-order valence-electron chi connectivity index (χ1n) is 11.3. The number of esters is 1. The van der Waals surface area contributed by atoms with E-state index < -0.39 is 0 Å². The Morgan fingerprint density at radius 3 is 2.37 bits per heavy atom. The molecule has 0 fully saturated rings. The lowest BCUT2D eigenvalue weighted by atomic mass is 9.95. The lowest BCUT2D eigenvalue weighted by Crippen LogP contribution is -2.16. The molecule has 0 heterocycles. The van der Waals surface area contributed by atoms with Gasteiger partial charge in [-0.2, -0.15) is 0 Å². The summed E-state index contributed by atoms with van der Waals surface area (Å²) in [5.74, 6) is 1.13. The first-order chi connectivity index (χ1) is 14.6. The summed E-state index contributed by atoms with van der Waals surface area (Å²) in [6.45, 7) is 10.3. The van der Waals surface area contributed by atoms with Crippen LogP contribution in [0.3, 0.4) is 0 Å². The highest BCUT2D eigenvalue weighted by Crippen LogP contribution is 2.24. The minimum Gasteiger partial charge on any atom is -0.494 e. The number of aliphatic hydroxyl groups excluding tert-OH is 1. The van der Waals surface area contributed by atoms with Crippen LogP contribution in [0.1, 0.15) is 70.3 Å². The van der Waals surface area contributed by atoms with E-state index in [-0.39, 0.29) is 18.5 Å². The summed E-state index contributed by atoms with van der Waals surface area (Å²) < 4.78 is 16.7. The van der Waals surface area contributed by atoms with Gasteiger partial charge in [-0.15, -0.1) is 0 Å². The Hall–Kier alpha value is -1.85. The monoisotopic (exact) mass is 420 g/mol. The van der Waals surface area contributed by atoms with Gasteiger partial charge in [-0.1, -0.05) is 39.0 Å². The first-order valence-corrected chi connectivity index (χ1v) is 11.3. The van der Waals surface area contributed by atoms with E-state index in [4.69, 9.17) is 14.2 Å². The number of ether oxygens (including phenoxy) is 3. The Morgan fingerprint density at radius 2 is 1.77 bits per heavy atom. The van der Waals surface area contributed by atoms with E-state index in [9.17, 15) is 9.90 Å². The Labute approximate surface area is 182 Å². The highest BCUT2D eigenvalue weighted by Gasteiger charge is 2.13. The van der Waals surface area contributed by atoms with Crippen LogP contribution in [-0.2, 0) is 14.3 Å². The summed E-state index contributed by atoms with van der Waals surface area (Å²) >= 11 is 0. The lowest BCUT2D eigenvalue weighted by molar-refractivity contribution is -0.137. The number of hydrogen-bond acceptors (Lipinski definition) is 5. The van der Waals surface area contributed by atoms with Crippen LogP contribution in [0.5, 0.6) is 5.75 Å². The molecule has 0 aliphatic rings. The molecule has 0 spiro atoms. The molecule has 1 aromatic carbocycles. The highest BCUT2D eigenvalue weighted by atomic mass is 16.5. The molecule has 0 saturated carbocycles. The largest absolute Gasteiger partial charge is 0.494 e. The van der Waals surface area contributed by atoms with Gasteiger partial charge in [-0.25, -0.2) is 4.79 Å². The second kappa shape index (κ2) is 16.9. The number of carbonyl (C=O) groups is 1. The minimum atomic E-state index is -0.357. The van der Waals surface area contributed by atoms with Gasteiger partial charge < -0.3 is 19.3 Å². The van der Waals surface area contributed by atoms with Crippen molar-refractivity contribution in [1.29, 1.82) is 0 Å². The predicted molar refractivity (Wildman–Crippen MR) is 121 cm³/mol. The third kappa shape index (κ3) is 11.4. The van der Waals surface area contributed by atoms with Gasteiger partial charge in [0.05, 0.1) is 26.4 Å². The molecule has 0 amide bonds. The molecule has 0 saturated heterocycles. The minimum absolute atomic E-state index is 0.184. The maximum absolute atomic E-state index is 10.9. The van der Waals surface area contributed by atoms with Crippen molar-refractivity contribution < 1.29 is 24.1 Å². The summed E-state index contributed by atoms with van der Waals surface area (Å²) in [5, 5.41) is 9.30. The summed E-state index contributed by atoms with van der Waals surface area (Å²) in [6, 6.07) is 8.34. The number of rotatable bonds is 18. The van der Waals surface area contributed by atoms with Crippen LogP contribution >= 0.6 is 0 Å². The molecule has 1 rings (SSSR count). The van der Waals surface area contributed by atoms with Gasteiger partial charge in [0.2, 0.25) is 0 Å². The number of unbranched alkanes of at least 4 members (excludes halogenated alkanes) is 3. The van der Waals surface area contributed by atoms with Crippen molar-refractivity contribution in [2.75, 3.05) is 33.0 Å². The number of aliphatic hydroxyl groups is 1. The van der Waals surface area contributed by atoms with Crippen LogP contribution in [0.25, 0.3) is 0 Å². The zero-order valence-corrected chi connectivity index (χ0v) is 18.8. The molecule has 0 radical (unpaired) electrons.